The van der Waals surface area contributed by atoms with Gasteiger partial charge in [-0.1, -0.05) is 35.9 Å². The van der Waals surface area contributed by atoms with E-state index in [-0.39, 0.29) is 11.8 Å². The third-order valence-corrected chi connectivity index (χ3v) is 9.91. The number of aryl methyl sites for hydroxylation is 2. The molecular formula is C22H29FN2O4S2. The molecule has 2 aromatic rings. The normalized spacial score (nSPS) is 22.0. The van der Waals surface area contributed by atoms with Crippen LogP contribution in [-0.4, -0.2) is 65.2 Å². The zero-order valence-corrected chi connectivity index (χ0v) is 19.8. The Balaban J connectivity index is 1.88. The predicted molar refractivity (Wildman–Crippen MR) is 120 cm³/mol. The van der Waals surface area contributed by atoms with Crippen LogP contribution in [0.15, 0.2) is 47.4 Å². The largest absolute Gasteiger partial charge is 0.310 e. The molecule has 0 aliphatic carbocycles. The minimum atomic E-state index is -4.18. The molecule has 0 saturated carbocycles. The molecule has 9 heteroatoms. The van der Waals surface area contributed by atoms with Crippen LogP contribution < -0.4 is 5.32 Å². The predicted octanol–water partition coefficient (Wildman–Crippen LogP) is 2.27. The molecule has 1 unspecified atom stereocenters. The topological polar surface area (TPSA) is 83.5 Å². The molecule has 1 N–H and O–H groups in total. The Morgan fingerprint density at radius 3 is 2.29 bits per heavy atom. The van der Waals surface area contributed by atoms with Crippen molar-refractivity contribution in [2.75, 3.05) is 32.1 Å². The molecule has 1 fully saturated rings. The van der Waals surface area contributed by atoms with Crippen LogP contribution in [0.5, 0.6) is 0 Å². The van der Waals surface area contributed by atoms with Crippen molar-refractivity contribution in [1.29, 1.82) is 0 Å². The van der Waals surface area contributed by atoms with Crippen molar-refractivity contribution < 1.29 is 21.2 Å². The summed E-state index contributed by atoms with van der Waals surface area (Å²) in [6.07, 6.45) is 0. The maximum absolute atomic E-state index is 14.4. The molecule has 0 spiro atoms. The van der Waals surface area contributed by atoms with Gasteiger partial charge in [-0.15, -0.1) is 0 Å². The third-order valence-electron chi connectivity index (χ3n) is 5.75. The van der Waals surface area contributed by atoms with Crippen molar-refractivity contribution in [3.8, 4) is 0 Å². The molecular weight excluding hydrogens is 439 g/mol. The van der Waals surface area contributed by atoms with E-state index in [4.69, 9.17) is 0 Å². The van der Waals surface area contributed by atoms with Gasteiger partial charge in [0.05, 0.1) is 16.8 Å². The molecule has 0 bridgehead atoms. The van der Waals surface area contributed by atoms with E-state index in [2.05, 4.69) is 5.32 Å². The SMILES string of the molecule is Cc1ccc(C(CN[C@H]2CS(=O)(=O)C[C@@H]2S(=O)(=O)c2cc(C)ccc2F)N(C)C)cc1. The van der Waals surface area contributed by atoms with Crippen LogP contribution in [0.25, 0.3) is 0 Å². The summed E-state index contributed by atoms with van der Waals surface area (Å²) in [5, 5.41) is 1.93. The molecule has 1 saturated heterocycles. The van der Waals surface area contributed by atoms with Gasteiger partial charge in [0.1, 0.15) is 10.7 Å². The Morgan fingerprint density at radius 2 is 1.68 bits per heavy atom. The first kappa shape index (κ1) is 23.8. The van der Waals surface area contributed by atoms with Crippen molar-refractivity contribution in [2.24, 2.45) is 0 Å². The summed E-state index contributed by atoms with van der Waals surface area (Å²) in [5.74, 6) is -1.67. The molecule has 3 atom stereocenters. The summed E-state index contributed by atoms with van der Waals surface area (Å²) < 4.78 is 65.5. The highest BCUT2D eigenvalue weighted by molar-refractivity contribution is 7.96. The van der Waals surface area contributed by atoms with Crippen molar-refractivity contribution in [3.05, 3.63) is 65.0 Å². The summed E-state index contributed by atoms with van der Waals surface area (Å²) in [4.78, 5) is 1.55. The first-order valence-electron chi connectivity index (χ1n) is 10.1. The molecule has 6 nitrogen and oxygen atoms in total. The van der Waals surface area contributed by atoms with Gasteiger partial charge in [0.25, 0.3) is 0 Å². The van der Waals surface area contributed by atoms with Gasteiger partial charge in [0.2, 0.25) is 0 Å². The van der Waals surface area contributed by atoms with Crippen LogP contribution in [0.1, 0.15) is 22.7 Å². The van der Waals surface area contributed by atoms with Gasteiger partial charge in [-0.05, 0) is 51.2 Å². The van der Waals surface area contributed by atoms with E-state index in [0.717, 1.165) is 17.2 Å². The zero-order chi connectivity index (χ0) is 23.0. The second-order valence-corrected chi connectivity index (χ2v) is 12.8. The lowest BCUT2D eigenvalue weighted by Crippen LogP contribution is -2.46. The number of nitrogens with zero attached hydrogens (tertiary/aromatic N) is 1. The highest BCUT2D eigenvalue weighted by Gasteiger charge is 2.46. The van der Waals surface area contributed by atoms with Gasteiger partial charge in [-0.3, -0.25) is 0 Å². The van der Waals surface area contributed by atoms with Crippen LogP contribution in [-0.2, 0) is 19.7 Å². The Morgan fingerprint density at radius 1 is 1.06 bits per heavy atom. The fraction of sp³-hybridized carbons (Fsp3) is 0.455. The zero-order valence-electron chi connectivity index (χ0n) is 18.2. The molecule has 0 amide bonds. The highest BCUT2D eigenvalue weighted by Crippen LogP contribution is 2.29. The van der Waals surface area contributed by atoms with Gasteiger partial charge in [0.15, 0.2) is 19.7 Å². The van der Waals surface area contributed by atoms with Gasteiger partial charge in [-0.2, -0.15) is 0 Å². The van der Waals surface area contributed by atoms with Gasteiger partial charge >= 0.3 is 0 Å². The first-order chi connectivity index (χ1) is 14.4. The molecule has 1 aliphatic heterocycles. The standard InChI is InChI=1S/C22H29FN2O4S2/c1-15-5-8-17(9-6-15)20(25(3)4)12-24-19-13-30(26,27)14-22(19)31(28,29)21-11-16(2)7-10-18(21)23/h5-11,19-20,22,24H,12-14H2,1-4H3/t19-,20?,22-/m0/s1. The molecule has 1 aliphatic rings. The lowest BCUT2D eigenvalue weighted by Gasteiger charge is -2.28. The lowest BCUT2D eigenvalue weighted by atomic mass is 10.0. The molecule has 1 heterocycles. The number of rotatable bonds is 7. The summed E-state index contributed by atoms with van der Waals surface area (Å²) in [7, 11) is -3.93. The molecule has 2 aromatic carbocycles. The fourth-order valence-electron chi connectivity index (χ4n) is 3.95. The fourth-order valence-corrected chi connectivity index (χ4v) is 8.82. The van der Waals surface area contributed by atoms with E-state index in [1.807, 2.05) is 50.2 Å². The van der Waals surface area contributed by atoms with E-state index >= 15 is 0 Å². The summed E-state index contributed by atoms with van der Waals surface area (Å²) in [6.45, 7) is 4.03. The van der Waals surface area contributed by atoms with Gasteiger partial charge in [0, 0.05) is 18.6 Å². The molecule has 31 heavy (non-hydrogen) atoms. The number of halogens is 1. The van der Waals surface area contributed by atoms with E-state index in [1.165, 1.54) is 12.1 Å². The van der Waals surface area contributed by atoms with E-state index in [1.54, 1.807) is 6.92 Å². The van der Waals surface area contributed by atoms with E-state index < -0.39 is 47.4 Å². The molecule has 0 radical (unpaired) electrons. The van der Waals surface area contributed by atoms with Crippen LogP contribution in [0, 0.1) is 19.7 Å². The highest BCUT2D eigenvalue weighted by atomic mass is 32.2. The summed E-state index contributed by atoms with van der Waals surface area (Å²) >= 11 is 0. The number of benzene rings is 2. The quantitative estimate of drug-likeness (QED) is 0.671. The Kier molecular flexibility index (Phi) is 6.90. The second kappa shape index (κ2) is 8.97. The van der Waals surface area contributed by atoms with Crippen LogP contribution in [0.4, 0.5) is 4.39 Å². The molecule has 3 rings (SSSR count). The van der Waals surface area contributed by atoms with Crippen LogP contribution >= 0.6 is 0 Å². The monoisotopic (exact) mass is 468 g/mol. The lowest BCUT2D eigenvalue weighted by molar-refractivity contribution is 0.282. The Labute approximate surface area is 184 Å². The number of likely N-dealkylation sites (N-methyl/N-ethyl adjacent to an activating group) is 1. The number of sulfone groups is 2. The van der Waals surface area contributed by atoms with E-state index in [0.29, 0.717) is 12.1 Å². The Hall–Kier alpha value is -1.81. The van der Waals surface area contributed by atoms with Crippen molar-refractivity contribution in [3.63, 3.8) is 0 Å². The number of nitrogens with one attached hydrogen (secondary N) is 1. The van der Waals surface area contributed by atoms with Gasteiger partial charge in [-0.25, -0.2) is 21.2 Å². The average Bonchev–Trinajstić information content (AvgIpc) is 3.00. The average molecular weight is 469 g/mol. The second-order valence-electron chi connectivity index (χ2n) is 8.50. The minimum Gasteiger partial charge on any atom is -0.310 e. The molecule has 0 aromatic heterocycles. The first-order valence-corrected chi connectivity index (χ1v) is 13.4. The number of hydrogen-bond acceptors (Lipinski definition) is 6. The summed E-state index contributed by atoms with van der Waals surface area (Å²) in [6, 6.07) is 11.0. The molecule has 170 valence electrons. The van der Waals surface area contributed by atoms with Crippen molar-refractivity contribution >= 4 is 19.7 Å². The smallest absolute Gasteiger partial charge is 0.186 e. The van der Waals surface area contributed by atoms with Crippen LogP contribution in [0.3, 0.4) is 0 Å². The maximum Gasteiger partial charge on any atom is 0.186 e. The van der Waals surface area contributed by atoms with Gasteiger partial charge < -0.3 is 10.2 Å². The minimum absolute atomic E-state index is 0.0806. The van der Waals surface area contributed by atoms with Crippen molar-refractivity contribution in [2.45, 2.75) is 36.1 Å². The van der Waals surface area contributed by atoms with Crippen molar-refractivity contribution in [1.82, 2.24) is 10.2 Å². The number of hydrogen-bond donors (Lipinski definition) is 1. The Bertz CT molecular complexity index is 1150. The summed E-state index contributed by atoms with van der Waals surface area (Å²) in [5.41, 5.74) is 2.76. The maximum atomic E-state index is 14.4. The third kappa shape index (κ3) is 5.34. The van der Waals surface area contributed by atoms with Crippen LogP contribution in [0.2, 0.25) is 0 Å². The van der Waals surface area contributed by atoms with E-state index in [9.17, 15) is 21.2 Å².